The molecule has 0 amide bonds. The second-order valence-corrected chi connectivity index (χ2v) is 8.71. The SMILES string of the molecule is [As][N+]12C=CN=CC1=C(C1=CC=C1)N=C2c1ccc2ccc(Oc3ccccc3)nc2c1. The molecule has 3 heterocycles. The fourth-order valence-electron chi connectivity index (χ4n) is 3.79. The molecule has 1 aromatic heterocycles. The summed E-state index contributed by atoms with van der Waals surface area (Å²) in [4.78, 5) is 14.1. The Morgan fingerprint density at radius 1 is 0.968 bits per heavy atom. The van der Waals surface area contributed by atoms with Gasteiger partial charge in [-0.3, -0.25) is 0 Å². The van der Waals surface area contributed by atoms with Crippen LogP contribution >= 0.6 is 0 Å². The van der Waals surface area contributed by atoms with Gasteiger partial charge >= 0.3 is 189 Å². The molecule has 1 aliphatic carbocycles. The molecule has 31 heavy (non-hydrogen) atoms. The molecule has 5 nitrogen and oxygen atoms in total. The minimum atomic E-state index is 0.419. The zero-order chi connectivity index (χ0) is 20.8. The number of pyridine rings is 1. The third-order valence-corrected chi connectivity index (χ3v) is 6.56. The molecule has 6 rings (SSSR count). The first-order chi connectivity index (χ1) is 15.2. The number of rotatable bonds is 4. The third-order valence-electron chi connectivity index (χ3n) is 5.43. The Morgan fingerprint density at radius 3 is 2.61 bits per heavy atom. The van der Waals surface area contributed by atoms with Crippen LogP contribution in [0.4, 0.5) is 0 Å². The molecule has 0 bridgehead atoms. The third kappa shape index (κ3) is 3.02. The van der Waals surface area contributed by atoms with E-state index in [1.807, 2.05) is 67.2 Å². The van der Waals surface area contributed by atoms with Gasteiger partial charge in [-0.2, -0.15) is 0 Å². The summed E-state index contributed by atoms with van der Waals surface area (Å²) in [7, 11) is 0. The Hall–Kier alpha value is -3.53. The van der Waals surface area contributed by atoms with Gasteiger partial charge in [0.05, 0.1) is 0 Å². The van der Waals surface area contributed by atoms with E-state index in [1.54, 1.807) is 0 Å². The van der Waals surface area contributed by atoms with Crippen molar-refractivity contribution in [3.05, 3.63) is 114 Å². The van der Waals surface area contributed by atoms with Gasteiger partial charge in [0.1, 0.15) is 0 Å². The monoisotopic (exact) mass is 463 g/mol. The Bertz CT molecular complexity index is 1420. The molecule has 1 unspecified atom stereocenters. The number of hydrogen-bond donors (Lipinski definition) is 0. The van der Waals surface area contributed by atoms with Crippen molar-refractivity contribution in [3.63, 3.8) is 0 Å². The first kappa shape index (κ1) is 18.3. The normalized spacial score (nSPS) is 21.1. The molecule has 3 aliphatic rings. The summed E-state index contributed by atoms with van der Waals surface area (Å²) in [5.74, 6) is 2.25. The number of amidine groups is 1. The van der Waals surface area contributed by atoms with Gasteiger partial charge in [-0.15, -0.1) is 0 Å². The van der Waals surface area contributed by atoms with Crippen LogP contribution in [0, 0.1) is 0 Å². The summed E-state index contributed by atoms with van der Waals surface area (Å²) in [5, 5.41) is 1.05. The topological polar surface area (TPSA) is 46.8 Å². The van der Waals surface area contributed by atoms with Crippen LogP contribution in [0.15, 0.2) is 118 Å². The molecule has 0 fully saturated rings. The Morgan fingerprint density at radius 2 is 1.81 bits per heavy atom. The summed E-state index contributed by atoms with van der Waals surface area (Å²) >= 11 is 2.72. The number of aromatic nitrogens is 1. The van der Waals surface area contributed by atoms with Crippen molar-refractivity contribution in [3.8, 4) is 11.6 Å². The average molecular weight is 463 g/mol. The van der Waals surface area contributed by atoms with Crippen LogP contribution < -0.4 is 4.74 Å². The van der Waals surface area contributed by atoms with Crippen molar-refractivity contribution in [2.45, 2.75) is 0 Å². The van der Waals surface area contributed by atoms with Gasteiger partial charge in [0.2, 0.25) is 0 Å². The van der Waals surface area contributed by atoms with Gasteiger partial charge in [-0.05, 0) is 0 Å². The zero-order valence-electron chi connectivity index (χ0n) is 16.4. The molecule has 0 spiro atoms. The van der Waals surface area contributed by atoms with E-state index in [9.17, 15) is 0 Å². The van der Waals surface area contributed by atoms with Crippen LogP contribution in [0.3, 0.4) is 0 Å². The van der Waals surface area contributed by atoms with Gasteiger partial charge in [-0.1, -0.05) is 0 Å². The summed E-state index contributed by atoms with van der Waals surface area (Å²) in [6.45, 7) is 0. The van der Waals surface area contributed by atoms with Crippen molar-refractivity contribution >= 4 is 40.0 Å². The summed E-state index contributed by atoms with van der Waals surface area (Å²) in [5.41, 5.74) is 4.99. The molecule has 0 saturated heterocycles. The van der Waals surface area contributed by atoms with Crippen molar-refractivity contribution in [1.29, 1.82) is 0 Å². The molecule has 2 radical (unpaired) electrons. The van der Waals surface area contributed by atoms with E-state index in [2.05, 4.69) is 52.4 Å². The number of hydrogen-bond acceptors (Lipinski definition) is 4. The van der Waals surface area contributed by atoms with E-state index in [4.69, 9.17) is 14.7 Å². The molecule has 0 saturated carbocycles. The summed E-state index contributed by atoms with van der Waals surface area (Å²) < 4.78 is 6.35. The van der Waals surface area contributed by atoms with Gasteiger partial charge in [-0.25, -0.2) is 0 Å². The Labute approximate surface area is 188 Å². The van der Waals surface area contributed by atoms with Crippen LogP contribution in [0.5, 0.6) is 11.6 Å². The number of fused-ring (bicyclic) bond motifs is 2. The predicted molar refractivity (Wildman–Crippen MR) is 123 cm³/mol. The molecule has 1 atom stereocenters. The number of allylic oxidation sites excluding steroid dienone is 4. The molecule has 6 heteroatoms. The van der Waals surface area contributed by atoms with Crippen molar-refractivity contribution in [1.82, 2.24) is 4.98 Å². The van der Waals surface area contributed by atoms with Crippen LogP contribution in [-0.2, 0) is 0 Å². The van der Waals surface area contributed by atoms with Gasteiger partial charge in [0, 0.05) is 0 Å². The van der Waals surface area contributed by atoms with Crippen LogP contribution in [-0.4, -0.2) is 37.5 Å². The van der Waals surface area contributed by atoms with Crippen molar-refractivity contribution in [2.75, 3.05) is 0 Å². The van der Waals surface area contributed by atoms with Crippen LogP contribution in [0.2, 0.25) is 0 Å². The summed E-state index contributed by atoms with van der Waals surface area (Å²) in [6, 6.07) is 19.9. The molecule has 2 aromatic carbocycles. The molecule has 2 aliphatic heterocycles. The zero-order valence-corrected chi connectivity index (χ0v) is 18.3. The van der Waals surface area contributed by atoms with Gasteiger partial charge < -0.3 is 0 Å². The summed E-state index contributed by atoms with van der Waals surface area (Å²) in [6.07, 6.45) is 11.9. The van der Waals surface area contributed by atoms with Crippen LogP contribution in [0.25, 0.3) is 10.9 Å². The van der Waals surface area contributed by atoms with Crippen molar-refractivity contribution < 1.29 is 8.14 Å². The van der Waals surface area contributed by atoms with E-state index in [1.165, 1.54) is 0 Å². The maximum atomic E-state index is 5.93. The number of benzene rings is 2. The number of para-hydroxylation sites is 1. The molecule has 0 N–H and O–H groups in total. The van der Waals surface area contributed by atoms with E-state index < -0.39 is 0 Å². The minimum absolute atomic E-state index is 0.419. The first-order valence-corrected chi connectivity index (χ1v) is 10.7. The second kappa shape index (κ2) is 7.02. The van der Waals surface area contributed by atoms with E-state index in [0.717, 1.165) is 45.0 Å². The Balaban J connectivity index is 1.41. The number of aliphatic imine (C=N–C) groups is 2. The number of quaternary nitrogens is 1. The maximum absolute atomic E-state index is 5.93. The van der Waals surface area contributed by atoms with Gasteiger partial charge in [0.15, 0.2) is 0 Å². The van der Waals surface area contributed by atoms with Crippen LogP contribution in [0.1, 0.15) is 5.56 Å². The standard InChI is InChI=1S/C25H16AsN4O/c26-30-14-13-27-16-22(30)24(18-5-4-6-18)29-25(30)19-10-9-17-11-12-23(28-21(17)15-19)31-20-7-2-1-3-8-20/h1-16H/q+1. The second-order valence-electron chi connectivity index (χ2n) is 7.38. The van der Waals surface area contributed by atoms with Crippen molar-refractivity contribution in [2.24, 2.45) is 9.98 Å². The average Bonchev–Trinajstić information content (AvgIpc) is 3.05. The Kier molecular flexibility index (Phi) is 4.13. The molecular weight excluding hydrogens is 447 g/mol. The molecule has 146 valence electrons. The first-order valence-electron chi connectivity index (χ1n) is 9.90. The van der Waals surface area contributed by atoms with E-state index >= 15 is 0 Å². The van der Waals surface area contributed by atoms with E-state index in [-0.39, 0.29) is 0 Å². The predicted octanol–water partition coefficient (Wildman–Crippen LogP) is 4.95. The van der Waals surface area contributed by atoms with E-state index in [0.29, 0.717) is 9.28 Å². The number of ether oxygens (including phenoxy) is 1. The van der Waals surface area contributed by atoms with Gasteiger partial charge in [0.25, 0.3) is 0 Å². The quantitative estimate of drug-likeness (QED) is 0.514. The number of nitrogens with zero attached hydrogens (tertiary/aromatic N) is 4. The fourth-order valence-corrected chi connectivity index (χ4v) is 4.56. The molecule has 3 aromatic rings. The molecular formula is C25H16AsN4O+. The fraction of sp³-hybridized carbons (Fsp3) is 0.